The van der Waals surface area contributed by atoms with E-state index in [0.29, 0.717) is 12.0 Å². The van der Waals surface area contributed by atoms with Gasteiger partial charge in [0.05, 0.1) is 5.69 Å². The summed E-state index contributed by atoms with van der Waals surface area (Å²) < 4.78 is 1.87. The number of nitrogens with zero attached hydrogens (tertiary/aromatic N) is 1. The summed E-state index contributed by atoms with van der Waals surface area (Å²) in [6, 6.07) is 3.52. The van der Waals surface area contributed by atoms with E-state index in [0.717, 1.165) is 13.0 Å². The molecule has 0 fully saturated rings. The summed E-state index contributed by atoms with van der Waals surface area (Å²) in [6.07, 6.45) is 9.61. The van der Waals surface area contributed by atoms with Gasteiger partial charge in [0.25, 0.3) is 0 Å². The fraction of sp³-hybridized carbons (Fsp3) is 0.571. The van der Waals surface area contributed by atoms with E-state index in [2.05, 4.69) is 6.92 Å². The van der Waals surface area contributed by atoms with Crippen molar-refractivity contribution in [3.8, 4) is 0 Å². The molecule has 0 radical (unpaired) electrons. The zero-order chi connectivity index (χ0) is 12.5. The zero-order valence-electron chi connectivity index (χ0n) is 10.5. The van der Waals surface area contributed by atoms with E-state index in [1.807, 2.05) is 16.8 Å². The van der Waals surface area contributed by atoms with Crippen molar-refractivity contribution < 1.29 is 9.59 Å². The van der Waals surface area contributed by atoms with E-state index in [9.17, 15) is 9.59 Å². The van der Waals surface area contributed by atoms with Crippen LogP contribution >= 0.6 is 0 Å². The molecule has 0 aliphatic heterocycles. The van der Waals surface area contributed by atoms with Crippen LogP contribution in [-0.4, -0.2) is 16.6 Å². The highest BCUT2D eigenvalue weighted by Gasteiger charge is 2.08. The Morgan fingerprint density at radius 1 is 1.24 bits per heavy atom. The van der Waals surface area contributed by atoms with Crippen LogP contribution < -0.4 is 0 Å². The molecule has 17 heavy (non-hydrogen) atoms. The minimum atomic E-state index is -0.430. The molecule has 1 aromatic rings. The molecule has 3 heteroatoms. The zero-order valence-corrected chi connectivity index (χ0v) is 10.5. The molecule has 0 saturated carbocycles. The van der Waals surface area contributed by atoms with Crippen LogP contribution in [0, 0.1) is 0 Å². The summed E-state index contributed by atoms with van der Waals surface area (Å²) >= 11 is 0. The van der Waals surface area contributed by atoms with Crippen molar-refractivity contribution in [3.05, 3.63) is 24.0 Å². The Kier molecular flexibility index (Phi) is 6.30. The Bertz CT molecular complexity index is 355. The third-order valence-electron chi connectivity index (χ3n) is 2.94. The molecular weight excluding hydrogens is 214 g/mol. The Labute approximate surface area is 103 Å². The van der Waals surface area contributed by atoms with Crippen LogP contribution in [0.2, 0.25) is 0 Å². The lowest BCUT2D eigenvalue weighted by molar-refractivity contribution is -0.104. The van der Waals surface area contributed by atoms with E-state index in [-0.39, 0.29) is 0 Å². The molecule has 3 nitrogen and oxygen atoms in total. The van der Waals surface area contributed by atoms with Crippen LogP contribution in [0.1, 0.15) is 55.9 Å². The third kappa shape index (κ3) is 4.55. The SMILES string of the molecule is CCCCCCCCn1cccc1C(=O)C=O. The second kappa shape index (κ2) is 7.82. The molecule has 0 saturated heterocycles. The van der Waals surface area contributed by atoms with Crippen LogP contribution in [0.4, 0.5) is 0 Å². The summed E-state index contributed by atoms with van der Waals surface area (Å²) in [5.74, 6) is -0.430. The maximum atomic E-state index is 11.3. The first kappa shape index (κ1) is 13.7. The average molecular weight is 235 g/mol. The van der Waals surface area contributed by atoms with Crippen molar-refractivity contribution in [2.45, 2.75) is 52.0 Å². The standard InChI is InChI=1S/C14H21NO2/c1-2-3-4-5-6-7-10-15-11-8-9-13(15)14(17)12-16/h8-9,11-12H,2-7,10H2,1H3. The van der Waals surface area contributed by atoms with E-state index in [4.69, 9.17) is 0 Å². The van der Waals surface area contributed by atoms with E-state index >= 15 is 0 Å². The quantitative estimate of drug-likeness (QED) is 0.285. The monoisotopic (exact) mass is 235 g/mol. The average Bonchev–Trinajstić information content (AvgIpc) is 2.81. The van der Waals surface area contributed by atoms with Gasteiger partial charge in [-0.2, -0.15) is 0 Å². The fourth-order valence-electron chi connectivity index (χ4n) is 1.96. The molecule has 0 spiro atoms. The molecule has 1 heterocycles. The van der Waals surface area contributed by atoms with Gasteiger partial charge in [0, 0.05) is 12.7 Å². The Balaban J connectivity index is 2.29. The van der Waals surface area contributed by atoms with Gasteiger partial charge >= 0.3 is 0 Å². The van der Waals surface area contributed by atoms with Crippen molar-refractivity contribution in [1.29, 1.82) is 0 Å². The van der Waals surface area contributed by atoms with Crippen molar-refractivity contribution in [3.63, 3.8) is 0 Å². The number of carbonyl (C=O) groups excluding carboxylic acids is 2. The van der Waals surface area contributed by atoms with Crippen LogP contribution in [-0.2, 0) is 11.3 Å². The number of ketones is 1. The molecule has 0 atom stereocenters. The number of rotatable bonds is 9. The highest BCUT2D eigenvalue weighted by atomic mass is 16.2. The second-order valence-corrected chi connectivity index (χ2v) is 4.34. The van der Waals surface area contributed by atoms with Crippen LogP contribution in [0.3, 0.4) is 0 Å². The van der Waals surface area contributed by atoms with Gasteiger partial charge in [-0.25, -0.2) is 0 Å². The minimum Gasteiger partial charge on any atom is -0.345 e. The summed E-state index contributed by atoms with van der Waals surface area (Å²) in [7, 11) is 0. The first-order chi connectivity index (χ1) is 8.29. The first-order valence-corrected chi connectivity index (χ1v) is 6.44. The third-order valence-corrected chi connectivity index (χ3v) is 2.94. The van der Waals surface area contributed by atoms with Crippen LogP contribution in [0.15, 0.2) is 18.3 Å². The molecular formula is C14H21NO2. The largest absolute Gasteiger partial charge is 0.345 e. The van der Waals surface area contributed by atoms with Crippen molar-refractivity contribution >= 4 is 12.1 Å². The number of aldehydes is 1. The summed E-state index contributed by atoms with van der Waals surface area (Å²) in [4.78, 5) is 21.7. The maximum Gasteiger partial charge on any atom is 0.241 e. The highest BCUT2D eigenvalue weighted by molar-refractivity contribution is 6.32. The minimum absolute atomic E-state index is 0.382. The van der Waals surface area contributed by atoms with Gasteiger partial charge in [-0.1, -0.05) is 39.0 Å². The molecule has 0 bridgehead atoms. The Morgan fingerprint density at radius 2 is 1.94 bits per heavy atom. The highest BCUT2D eigenvalue weighted by Crippen LogP contribution is 2.09. The molecule has 0 aliphatic carbocycles. The molecule has 0 aliphatic rings. The van der Waals surface area contributed by atoms with Crippen molar-refractivity contribution in [1.82, 2.24) is 4.57 Å². The lowest BCUT2D eigenvalue weighted by atomic mass is 10.1. The van der Waals surface area contributed by atoms with Gasteiger partial charge in [0.15, 0.2) is 6.29 Å². The molecule has 94 valence electrons. The predicted octanol–water partition coefficient (Wildman–Crippen LogP) is 3.23. The number of carbonyl (C=O) groups is 2. The Morgan fingerprint density at radius 3 is 2.65 bits per heavy atom. The molecule has 0 amide bonds. The van der Waals surface area contributed by atoms with Gasteiger partial charge < -0.3 is 4.57 Å². The van der Waals surface area contributed by atoms with E-state index in [1.165, 1.54) is 32.1 Å². The van der Waals surface area contributed by atoms with Crippen molar-refractivity contribution in [2.24, 2.45) is 0 Å². The van der Waals surface area contributed by atoms with Gasteiger partial charge in [0.1, 0.15) is 0 Å². The smallest absolute Gasteiger partial charge is 0.241 e. The van der Waals surface area contributed by atoms with Crippen molar-refractivity contribution in [2.75, 3.05) is 0 Å². The van der Waals surface area contributed by atoms with Crippen LogP contribution in [0.25, 0.3) is 0 Å². The molecule has 0 unspecified atom stereocenters. The number of Topliss-reactive ketones (excluding diaryl/α,β-unsaturated/α-hetero) is 1. The molecule has 1 rings (SSSR count). The van der Waals surface area contributed by atoms with Gasteiger partial charge in [-0.3, -0.25) is 9.59 Å². The topological polar surface area (TPSA) is 39.1 Å². The number of hydrogen-bond donors (Lipinski definition) is 0. The summed E-state index contributed by atoms with van der Waals surface area (Å²) in [5, 5.41) is 0. The van der Waals surface area contributed by atoms with Gasteiger partial charge in [-0.05, 0) is 18.6 Å². The number of hydrogen-bond acceptors (Lipinski definition) is 2. The summed E-state index contributed by atoms with van der Waals surface area (Å²) in [6.45, 7) is 3.03. The lowest BCUT2D eigenvalue weighted by Crippen LogP contribution is -2.09. The summed E-state index contributed by atoms with van der Waals surface area (Å²) in [5.41, 5.74) is 0.508. The number of aryl methyl sites for hydroxylation is 1. The molecule has 0 aromatic carbocycles. The normalized spacial score (nSPS) is 10.4. The predicted molar refractivity (Wildman–Crippen MR) is 68.2 cm³/mol. The second-order valence-electron chi connectivity index (χ2n) is 4.34. The first-order valence-electron chi connectivity index (χ1n) is 6.44. The van der Waals surface area contributed by atoms with E-state index in [1.54, 1.807) is 6.07 Å². The molecule has 1 aromatic heterocycles. The number of aromatic nitrogens is 1. The van der Waals surface area contributed by atoms with E-state index < -0.39 is 5.78 Å². The number of unbranched alkanes of at least 4 members (excludes halogenated alkanes) is 5. The fourth-order valence-corrected chi connectivity index (χ4v) is 1.96. The lowest BCUT2D eigenvalue weighted by Gasteiger charge is -2.06. The van der Waals surface area contributed by atoms with Crippen LogP contribution in [0.5, 0.6) is 0 Å². The van der Waals surface area contributed by atoms with Gasteiger partial charge in [0.2, 0.25) is 5.78 Å². The van der Waals surface area contributed by atoms with Gasteiger partial charge in [-0.15, -0.1) is 0 Å². The Hall–Kier alpha value is -1.38. The maximum absolute atomic E-state index is 11.3. The molecule has 0 N–H and O–H groups in total.